The van der Waals surface area contributed by atoms with E-state index in [1.54, 1.807) is 0 Å². The number of fused-ring (bicyclic) bond motifs is 3. The number of hydrogen-bond acceptors (Lipinski definition) is 0. The van der Waals surface area contributed by atoms with Crippen molar-refractivity contribution in [1.82, 2.24) is 4.57 Å². The van der Waals surface area contributed by atoms with Crippen molar-refractivity contribution in [3.8, 4) is 0 Å². The van der Waals surface area contributed by atoms with Gasteiger partial charge in [0.25, 0.3) is 0 Å². The fourth-order valence-electron chi connectivity index (χ4n) is 2.65. The summed E-state index contributed by atoms with van der Waals surface area (Å²) in [4.78, 5) is 0. The van der Waals surface area contributed by atoms with Crippen molar-refractivity contribution in [1.29, 1.82) is 0 Å². The summed E-state index contributed by atoms with van der Waals surface area (Å²) in [5, 5.41) is 2.72. The zero-order valence-corrected chi connectivity index (χ0v) is 11.3. The highest BCUT2D eigenvalue weighted by Crippen LogP contribution is 2.31. The minimum absolute atomic E-state index is 0.282. The van der Waals surface area contributed by atoms with Crippen LogP contribution >= 0.6 is 0 Å². The second kappa shape index (κ2) is 3.88. The molecular weight excluding hydrogens is 218 g/mol. The molecule has 0 fully saturated rings. The summed E-state index contributed by atoms with van der Waals surface area (Å²) in [6.45, 7) is 7.91. The Morgan fingerprint density at radius 2 is 1.22 bits per heavy atom. The molecule has 0 aliphatic rings. The van der Waals surface area contributed by atoms with Crippen molar-refractivity contribution in [2.45, 2.75) is 27.3 Å². The van der Waals surface area contributed by atoms with Gasteiger partial charge in [-0.05, 0) is 17.5 Å². The van der Waals surface area contributed by atoms with Crippen molar-refractivity contribution in [2.24, 2.45) is 5.41 Å². The lowest BCUT2D eigenvalue weighted by atomic mass is 9.97. The first-order chi connectivity index (χ1) is 8.56. The van der Waals surface area contributed by atoms with Crippen LogP contribution in [0.4, 0.5) is 0 Å². The van der Waals surface area contributed by atoms with Crippen molar-refractivity contribution in [3.63, 3.8) is 0 Å². The lowest BCUT2D eigenvalue weighted by Crippen LogP contribution is -2.15. The lowest BCUT2D eigenvalue weighted by molar-refractivity contribution is 0.354. The van der Waals surface area contributed by atoms with E-state index in [1.807, 2.05) is 0 Å². The van der Waals surface area contributed by atoms with Gasteiger partial charge in [-0.2, -0.15) is 0 Å². The third kappa shape index (κ3) is 1.80. The molecule has 92 valence electrons. The Labute approximate surface area is 108 Å². The van der Waals surface area contributed by atoms with E-state index in [-0.39, 0.29) is 5.41 Å². The first-order valence-corrected chi connectivity index (χ1v) is 6.52. The normalized spacial score (nSPS) is 12.4. The molecule has 1 nitrogen and oxygen atoms in total. The van der Waals surface area contributed by atoms with E-state index >= 15 is 0 Å². The zero-order valence-electron chi connectivity index (χ0n) is 11.3. The van der Waals surface area contributed by atoms with Crippen LogP contribution in [0, 0.1) is 5.41 Å². The maximum atomic E-state index is 2.45. The van der Waals surface area contributed by atoms with Crippen LogP contribution in [0.3, 0.4) is 0 Å². The monoisotopic (exact) mass is 237 g/mol. The van der Waals surface area contributed by atoms with Crippen LogP contribution in [0.25, 0.3) is 21.8 Å². The van der Waals surface area contributed by atoms with Crippen molar-refractivity contribution in [2.75, 3.05) is 0 Å². The van der Waals surface area contributed by atoms with Gasteiger partial charge in [0.1, 0.15) is 0 Å². The molecule has 1 heterocycles. The van der Waals surface area contributed by atoms with Gasteiger partial charge in [-0.1, -0.05) is 57.2 Å². The first kappa shape index (κ1) is 11.3. The summed E-state index contributed by atoms with van der Waals surface area (Å²) >= 11 is 0. The maximum absolute atomic E-state index is 2.45. The fourth-order valence-corrected chi connectivity index (χ4v) is 2.65. The van der Waals surface area contributed by atoms with Gasteiger partial charge < -0.3 is 4.57 Å². The third-order valence-electron chi connectivity index (χ3n) is 3.31. The molecule has 1 heteroatoms. The van der Waals surface area contributed by atoms with Gasteiger partial charge in [-0.15, -0.1) is 0 Å². The van der Waals surface area contributed by atoms with Gasteiger partial charge in [-0.3, -0.25) is 0 Å². The highest BCUT2D eigenvalue weighted by Gasteiger charge is 2.16. The number of para-hydroxylation sites is 2. The van der Waals surface area contributed by atoms with Crippen molar-refractivity contribution >= 4 is 21.8 Å². The van der Waals surface area contributed by atoms with Crippen LogP contribution in [-0.2, 0) is 6.54 Å². The molecule has 1 aromatic heterocycles. The molecule has 0 aliphatic heterocycles. The standard InChI is InChI=1S/C17H19N/c1-17(2,3)12-18-15-10-6-4-8-13(15)14-9-5-7-11-16(14)18/h4-11H,12H2,1-3H3. The third-order valence-corrected chi connectivity index (χ3v) is 3.31. The summed E-state index contributed by atoms with van der Waals surface area (Å²) in [6.07, 6.45) is 0. The van der Waals surface area contributed by atoms with Gasteiger partial charge in [0.05, 0.1) is 0 Å². The highest BCUT2D eigenvalue weighted by atomic mass is 15.0. The molecular formula is C17H19N. The van der Waals surface area contributed by atoms with E-state index in [0.29, 0.717) is 0 Å². The second-order valence-corrected chi connectivity index (χ2v) is 6.18. The van der Waals surface area contributed by atoms with Crippen LogP contribution in [0.2, 0.25) is 0 Å². The Bertz CT molecular complexity index is 645. The number of hydrogen-bond donors (Lipinski definition) is 0. The molecule has 0 unspecified atom stereocenters. The summed E-state index contributed by atoms with van der Waals surface area (Å²) in [5.74, 6) is 0. The minimum atomic E-state index is 0.282. The zero-order chi connectivity index (χ0) is 12.8. The predicted molar refractivity (Wildman–Crippen MR) is 78.9 cm³/mol. The molecule has 18 heavy (non-hydrogen) atoms. The fraction of sp³-hybridized carbons (Fsp3) is 0.294. The second-order valence-electron chi connectivity index (χ2n) is 6.18. The molecule has 3 aromatic rings. The number of aromatic nitrogens is 1. The van der Waals surface area contributed by atoms with Crippen LogP contribution in [-0.4, -0.2) is 4.57 Å². The van der Waals surface area contributed by atoms with E-state index in [1.165, 1.54) is 21.8 Å². The maximum Gasteiger partial charge on any atom is 0.0491 e. The molecule has 0 saturated heterocycles. The number of nitrogens with zero attached hydrogens (tertiary/aromatic N) is 1. The van der Waals surface area contributed by atoms with E-state index in [0.717, 1.165) is 6.54 Å². The number of rotatable bonds is 1. The quantitative estimate of drug-likeness (QED) is 0.570. The Balaban J connectivity index is 2.38. The summed E-state index contributed by atoms with van der Waals surface area (Å²) < 4.78 is 2.45. The van der Waals surface area contributed by atoms with E-state index in [2.05, 4.69) is 73.9 Å². The van der Waals surface area contributed by atoms with Crippen LogP contribution < -0.4 is 0 Å². The van der Waals surface area contributed by atoms with Crippen LogP contribution in [0.1, 0.15) is 20.8 Å². The SMILES string of the molecule is CC(C)(C)Cn1c2ccccc2c2ccccc21. The summed E-state index contributed by atoms with van der Waals surface area (Å²) in [5.41, 5.74) is 2.96. The molecule has 3 rings (SSSR count). The topological polar surface area (TPSA) is 4.93 Å². The smallest absolute Gasteiger partial charge is 0.0491 e. The lowest BCUT2D eigenvalue weighted by Gasteiger charge is -2.20. The summed E-state index contributed by atoms with van der Waals surface area (Å²) in [7, 11) is 0. The highest BCUT2D eigenvalue weighted by molar-refractivity contribution is 6.07. The van der Waals surface area contributed by atoms with E-state index < -0.39 is 0 Å². The Morgan fingerprint density at radius 1 is 0.778 bits per heavy atom. The molecule has 0 bridgehead atoms. The van der Waals surface area contributed by atoms with Gasteiger partial charge >= 0.3 is 0 Å². The van der Waals surface area contributed by atoms with Crippen molar-refractivity contribution < 1.29 is 0 Å². The van der Waals surface area contributed by atoms with E-state index in [4.69, 9.17) is 0 Å². The average Bonchev–Trinajstić information content (AvgIpc) is 2.64. The molecule has 0 spiro atoms. The molecule has 0 N–H and O–H groups in total. The Kier molecular flexibility index (Phi) is 2.44. The van der Waals surface area contributed by atoms with Gasteiger partial charge in [-0.25, -0.2) is 0 Å². The molecule has 0 saturated carbocycles. The van der Waals surface area contributed by atoms with Crippen LogP contribution in [0.5, 0.6) is 0 Å². The summed E-state index contributed by atoms with van der Waals surface area (Å²) in [6, 6.07) is 17.4. The Hall–Kier alpha value is -1.76. The average molecular weight is 237 g/mol. The molecule has 0 radical (unpaired) electrons. The van der Waals surface area contributed by atoms with Gasteiger partial charge in [0.2, 0.25) is 0 Å². The predicted octanol–water partition coefficient (Wildman–Crippen LogP) is 4.84. The molecule has 0 amide bonds. The number of benzene rings is 2. The van der Waals surface area contributed by atoms with Gasteiger partial charge in [0.15, 0.2) is 0 Å². The van der Waals surface area contributed by atoms with Gasteiger partial charge in [0, 0.05) is 28.4 Å². The van der Waals surface area contributed by atoms with E-state index in [9.17, 15) is 0 Å². The largest absolute Gasteiger partial charge is 0.340 e. The minimum Gasteiger partial charge on any atom is -0.340 e. The molecule has 0 aliphatic carbocycles. The van der Waals surface area contributed by atoms with Crippen LogP contribution in [0.15, 0.2) is 48.5 Å². The molecule has 0 atom stereocenters. The molecule has 2 aromatic carbocycles. The van der Waals surface area contributed by atoms with Crippen molar-refractivity contribution in [3.05, 3.63) is 48.5 Å². The Morgan fingerprint density at radius 3 is 1.67 bits per heavy atom. The first-order valence-electron chi connectivity index (χ1n) is 6.52.